The first kappa shape index (κ1) is 23.6. The van der Waals surface area contributed by atoms with Gasteiger partial charge in [-0.25, -0.2) is 4.79 Å². The minimum Gasteiger partial charge on any atom is -0.393 e. The summed E-state index contributed by atoms with van der Waals surface area (Å²) in [7, 11) is 0. The Bertz CT molecular complexity index is 899. The number of aryl methyl sites for hydroxylation is 1. The molecule has 186 valence electrons. The number of aliphatic hydroxyl groups is 3. The molecule has 4 N–H and O–H groups in total. The fraction of sp³-hybridized carbons (Fsp3) is 0.923. The average molecular weight is 463 g/mol. The molecule has 1 aromatic heterocycles. The fourth-order valence-electron chi connectivity index (χ4n) is 9.60. The van der Waals surface area contributed by atoms with Crippen LogP contribution in [-0.2, 0) is 6.42 Å². The molecule has 0 aliphatic heterocycles. The van der Waals surface area contributed by atoms with Gasteiger partial charge in [-0.3, -0.25) is 9.51 Å². The molecule has 7 heteroatoms. The van der Waals surface area contributed by atoms with E-state index in [0.29, 0.717) is 24.1 Å². The zero-order chi connectivity index (χ0) is 23.5. The van der Waals surface area contributed by atoms with Crippen LogP contribution in [0.3, 0.4) is 0 Å². The van der Waals surface area contributed by atoms with Gasteiger partial charge in [-0.2, -0.15) is 0 Å². The van der Waals surface area contributed by atoms with Gasteiger partial charge in [0.1, 0.15) is 0 Å². The summed E-state index contributed by atoms with van der Waals surface area (Å²) in [6.45, 7) is 6.82. The molecular weight excluding hydrogens is 420 g/mol. The number of hydrogen-bond acceptors (Lipinski definition) is 6. The van der Waals surface area contributed by atoms with Crippen LogP contribution in [0.25, 0.3) is 0 Å². The number of nitrogens with one attached hydrogen (secondary N) is 1. The highest BCUT2D eigenvalue weighted by molar-refractivity contribution is 5.15. The maximum atomic E-state index is 11.8. The number of hydrogen-bond donors (Lipinski definition) is 4. The Morgan fingerprint density at radius 2 is 2.00 bits per heavy atom. The number of fused-ring (bicyclic) bond motifs is 5. The normalized spacial score (nSPS) is 48.1. The van der Waals surface area contributed by atoms with Gasteiger partial charge < -0.3 is 15.3 Å². The van der Waals surface area contributed by atoms with Gasteiger partial charge in [0.15, 0.2) is 5.82 Å². The second-order valence-corrected chi connectivity index (χ2v) is 12.2. The van der Waals surface area contributed by atoms with Crippen LogP contribution in [0.4, 0.5) is 0 Å². The van der Waals surface area contributed by atoms with Gasteiger partial charge in [-0.05, 0) is 91.3 Å². The van der Waals surface area contributed by atoms with Crippen LogP contribution < -0.4 is 5.76 Å². The summed E-state index contributed by atoms with van der Waals surface area (Å²) in [4.78, 5) is 14.0. The molecule has 0 amide bonds. The van der Waals surface area contributed by atoms with Crippen molar-refractivity contribution in [2.75, 3.05) is 0 Å². The number of aromatic amines is 1. The van der Waals surface area contributed by atoms with Crippen molar-refractivity contribution < 1.29 is 19.8 Å². The maximum Gasteiger partial charge on any atom is 0.438 e. The fourth-order valence-corrected chi connectivity index (χ4v) is 9.60. The second-order valence-electron chi connectivity index (χ2n) is 12.2. The topological polar surface area (TPSA) is 120 Å². The van der Waals surface area contributed by atoms with Gasteiger partial charge in [-0.1, -0.05) is 38.8 Å². The van der Waals surface area contributed by atoms with E-state index in [1.54, 1.807) is 0 Å². The van der Waals surface area contributed by atoms with Crippen LogP contribution >= 0.6 is 0 Å². The number of aromatic nitrogens is 2. The number of nitrogens with zero attached hydrogens (tertiary/aromatic N) is 1. The summed E-state index contributed by atoms with van der Waals surface area (Å²) >= 11 is 0. The van der Waals surface area contributed by atoms with E-state index in [0.717, 1.165) is 57.8 Å². The molecule has 11 atom stereocenters. The van der Waals surface area contributed by atoms with Crippen LogP contribution in [0.1, 0.15) is 84.4 Å². The molecule has 4 aliphatic rings. The molecule has 7 nitrogen and oxygen atoms in total. The lowest BCUT2D eigenvalue weighted by molar-refractivity contribution is -0.238. The lowest BCUT2D eigenvalue weighted by Crippen LogP contribution is -2.66. The van der Waals surface area contributed by atoms with Crippen LogP contribution in [-0.4, -0.2) is 43.8 Å². The summed E-state index contributed by atoms with van der Waals surface area (Å²) in [6.07, 6.45) is 7.99. The third kappa shape index (κ3) is 3.56. The average Bonchev–Trinajstić information content (AvgIpc) is 3.40. The molecule has 1 aromatic rings. The van der Waals surface area contributed by atoms with Crippen LogP contribution in [0.15, 0.2) is 9.32 Å². The lowest BCUT2D eigenvalue weighted by atomic mass is 9.40. The van der Waals surface area contributed by atoms with E-state index < -0.39 is 18.0 Å². The molecule has 0 saturated heterocycles. The standard InChI is InChI=1S/C26H42N2O5/c1-4-16-18-12-15(29)9-11-25(18,3)22-19(30)13-26(10-5-6-17(26)21(22)23(16)31)14(2)7-8-20-27-24(32)33-28-20/h14-19,21-23,29-31H,4-13H2,1-3H3,(H,27,28,32)/t14-,15-,16-,17?,18+,19+,21?,22?,23-,25+,26+/m1/s1. The summed E-state index contributed by atoms with van der Waals surface area (Å²) in [5.41, 5.74) is -0.0112. The third-order valence-corrected chi connectivity index (χ3v) is 11.0. The SMILES string of the molecule is CC[C@H]1[C@@H](O)C2C3CCC[C@@]3([C@H](C)CCc3noc(=O)[nH]3)C[C@H](O)C2[C@@]2(C)CC[C@@H](O)C[C@@H]12. The van der Waals surface area contributed by atoms with Gasteiger partial charge in [0.25, 0.3) is 0 Å². The molecule has 5 rings (SSSR count). The van der Waals surface area contributed by atoms with E-state index in [1.807, 2.05) is 0 Å². The monoisotopic (exact) mass is 462 g/mol. The summed E-state index contributed by atoms with van der Waals surface area (Å²) < 4.78 is 4.67. The first-order valence-electron chi connectivity index (χ1n) is 13.3. The van der Waals surface area contributed by atoms with Crippen LogP contribution in [0.5, 0.6) is 0 Å². The van der Waals surface area contributed by atoms with Crippen molar-refractivity contribution in [2.45, 2.75) is 103 Å². The van der Waals surface area contributed by atoms with Crippen molar-refractivity contribution in [1.29, 1.82) is 0 Å². The molecule has 1 heterocycles. The Hall–Kier alpha value is -1.18. The quantitative estimate of drug-likeness (QED) is 0.533. The largest absolute Gasteiger partial charge is 0.438 e. The second kappa shape index (κ2) is 8.49. The molecule has 0 spiro atoms. The number of rotatable bonds is 5. The molecule has 4 fully saturated rings. The summed E-state index contributed by atoms with van der Waals surface area (Å²) in [5.74, 6) is 1.51. The zero-order valence-corrected chi connectivity index (χ0v) is 20.4. The molecule has 4 saturated carbocycles. The first-order valence-corrected chi connectivity index (χ1v) is 13.3. The highest BCUT2D eigenvalue weighted by Gasteiger charge is 2.67. The number of aliphatic hydroxyl groups excluding tert-OH is 3. The van der Waals surface area contributed by atoms with Crippen molar-refractivity contribution >= 4 is 0 Å². The first-order chi connectivity index (χ1) is 15.7. The highest BCUT2D eigenvalue weighted by atomic mass is 16.5. The van der Waals surface area contributed by atoms with Crippen LogP contribution in [0, 0.1) is 46.3 Å². The Morgan fingerprint density at radius 1 is 1.21 bits per heavy atom. The molecule has 0 aromatic carbocycles. The van der Waals surface area contributed by atoms with Gasteiger partial charge in [-0.15, -0.1) is 0 Å². The molecular formula is C26H42N2O5. The third-order valence-electron chi connectivity index (χ3n) is 11.0. The molecule has 3 unspecified atom stereocenters. The predicted molar refractivity (Wildman–Crippen MR) is 123 cm³/mol. The van der Waals surface area contributed by atoms with Gasteiger partial charge in [0.05, 0.1) is 18.3 Å². The Morgan fingerprint density at radius 3 is 2.70 bits per heavy atom. The summed E-state index contributed by atoms with van der Waals surface area (Å²) in [6, 6.07) is 0. The maximum absolute atomic E-state index is 11.8. The Balaban J connectivity index is 1.46. The zero-order valence-electron chi connectivity index (χ0n) is 20.4. The van der Waals surface area contributed by atoms with Crippen molar-refractivity contribution in [3.63, 3.8) is 0 Å². The van der Waals surface area contributed by atoms with Gasteiger partial charge >= 0.3 is 5.76 Å². The van der Waals surface area contributed by atoms with Crippen molar-refractivity contribution in [3.8, 4) is 0 Å². The Labute approximate surface area is 196 Å². The molecule has 4 aliphatic carbocycles. The summed E-state index contributed by atoms with van der Waals surface area (Å²) in [5, 5.41) is 37.9. The number of H-pyrrole nitrogens is 1. The molecule has 33 heavy (non-hydrogen) atoms. The molecule has 0 radical (unpaired) electrons. The van der Waals surface area contributed by atoms with Gasteiger partial charge in [0.2, 0.25) is 0 Å². The van der Waals surface area contributed by atoms with Crippen molar-refractivity contribution in [3.05, 3.63) is 16.4 Å². The van der Waals surface area contributed by atoms with E-state index in [1.165, 1.54) is 0 Å². The van der Waals surface area contributed by atoms with E-state index >= 15 is 0 Å². The van der Waals surface area contributed by atoms with Crippen molar-refractivity contribution in [1.82, 2.24) is 10.1 Å². The Kier molecular flexibility index (Phi) is 6.06. The molecule has 0 bridgehead atoms. The minimum atomic E-state index is -0.512. The minimum absolute atomic E-state index is 0.0151. The van der Waals surface area contributed by atoms with E-state index in [4.69, 9.17) is 0 Å². The van der Waals surface area contributed by atoms with E-state index in [2.05, 4.69) is 35.4 Å². The van der Waals surface area contributed by atoms with E-state index in [9.17, 15) is 20.1 Å². The van der Waals surface area contributed by atoms with E-state index in [-0.39, 0.29) is 40.6 Å². The highest BCUT2D eigenvalue weighted by Crippen LogP contribution is 2.69. The van der Waals surface area contributed by atoms with Gasteiger partial charge in [0, 0.05) is 6.42 Å². The van der Waals surface area contributed by atoms with Crippen molar-refractivity contribution in [2.24, 2.45) is 46.3 Å². The lowest BCUT2D eigenvalue weighted by Gasteiger charge is -2.66. The smallest absolute Gasteiger partial charge is 0.393 e. The van der Waals surface area contributed by atoms with Crippen LogP contribution in [0.2, 0.25) is 0 Å². The predicted octanol–water partition coefficient (Wildman–Crippen LogP) is 3.28.